The molecule has 2 unspecified atom stereocenters. The Morgan fingerprint density at radius 2 is 2.09 bits per heavy atom. The van der Waals surface area contributed by atoms with Crippen LogP contribution in [0.1, 0.15) is 42.1 Å². The number of amides is 1. The zero-order chi connectivity index (χ0) is 24.0. The first-order chi connectivity index (χ1) is 15.8. The first-order valence-electron chi connectivity index (χ1n) is 11.1. The number of phenolic OH excluding ortho intramolecular Hbond substituents is 1. The summed E-state index contributed by atoms with van der Waals surface area (Å²) in [6.07, 6.45) is 0.346. The molecule has 1 aromatic carbocycles. The van der Waals surface area contributed by atoms with Gasteiger partial charge in [-0.2, -0.15) is 0 Å². The van der Waals surface area contributed by atoms with E-state index in [4.69, 9.17) is 18.9 Å². The van der Waals surface area contributed by atoms with Crippen LogP contribution in [0, 0.1) is 5.41 Å². The fourth-order valence-electron chi connectivity index (χ4n) is 4.15. The molecule has 1 aromatic rings. The highest BCUT2D eigenvalue weighted by atomic mass is 16.5. The SMILES string of the molecule is COCCOc1cc(O)c(C=O)c2c1C(C)C(C)(CC(=O)NCCN1CCOCC1)C(=O)O2. The standard InChI is InChI=1S/C23H32N2O8/c1-15-20-18(32-11-10-30-3)12-17(27)16(14-26)21(20)33-22(29)23(15,2)13-19(28)24-4-5-25-6-8-31-9-7-25/h12,14-15,27H,4-11,13H2,1-3H3,(H,24,28). The summed E-state index contributed by atoms with van der Waals surface area (Å²) in [5.41, 5.74) is -0.845. The smallest absolute Gasteiger partial charge is 0.318 e. The van der Waals surface area contributed by atoms with E-state index in [9.17, 15) is 19.5 Å². The van der Waals surface area contributed by atoms with Crippen molar-refractivity contribution >= 4 is 18.2 Å². The average Bonchev–Trinajstić information content (AvgIpc) is 2.78. The third-order valence-electron chi connectivity index (χ3n) is 6.39. The van der Waals surface area contributed by atoms with Crippen molar-refractivity contribution in [3.63, 3.8) is 0 Å². The summed E-state index contributed by atoms with van der Waals surface area (Å²) in [4.78, 5) is 39.5. The Hall–Kier alpha value is -2.69. The van der Waals surface area contributed by atoms with E-state index in [0.29, 0.717) is 44.8 Å². The Morgan fingerprint density at radius 3 is 2.76 bits per heavy atom. The van der Waals surface area contributed by atoms with Crippen LogP contribution in [0.3, 0.4) is 0 Å². The molecular weight excluding hydrogens is 432 g/mol. The lowest BCUT2D eigenvalue weighted by molar-refractivity contribution is -0.151. The van der Waals surface area contributed by atoms with E-state index < -0.39 is 17.3 Å². The lowest BCUT2D eigenvalue weighted by Crippen LogP contribution is -2.46. The number of hydrogen-bond donors (Lipinski definition) is 2. The number of ether oxygens (including phenoxy) is 4. The molecule has 0 aliphatic carbocycles. The fraction of sp³-hybridized carbons (Fsp3) is 0.609. The van der Waals surface area contributed by atoms with E-state index in [1.54, 1.807) is 13.8 Å². The molecule has 2 atom stereocenters. The van der Waals surface area contributed by atoms with Crippen LogP contribution >= 0.6 is 0 Å². The van der Waals surface area contributed by atoms with Crippen molar-refractivity contribution in [1.82, 2.24) is 10.2 Å². The van der Waals surface area contributed by atoms with Gasteiger partial charge < -0.3 is 29.4 Å². The lowest BCUT2D eigenvalue weighted by atomic mass is 9.69. The van der Waals surface area contributed by atoms with Crippen molar-refractivity contribution in [2.75, 3.05) is 59.7 Å². The highest BCUT2D eigenvalue weighted by molar-refractivity contribution is 5.94. The van der Waals surface area contributed by atoms with E-state index >= 15 is 0 Å². The summed E-state index contributed by atoms with van der Waals surface area (Å²) in [5, 5.41) is 13.1. The lowest BCUT2D eigenvalue weighted by Gasteiger charge is -2.39. The molecule has 0 spiro atoms. The molecular formula is C23H32N2O8. The molecule has 0 bridgehead atoms. The van der Waals surface area contributed by atoms with E-state index in [1.165, 1.54) is 13.2 Å². The summed E-state index contributed by atoms with van der Waals surface area (Å²) in [5.74, 6) is -1.52. The number of fused-ring (bicyclic) bond motifs is 1. The van der Waals surface area contributed by atoms with Gasteiger partial charge in [0.25, 0.3) is 0 Å². The van der Waals surface area contributed by atoms with Gasteiger partial charge in [0.2, 0.25) is 5.91 Å². The Morgan fingerprint density at radius 1 is 1.36 bits per heavy atom. The molecule has 0 aromatic heterocycles. The molecule has 1 fully saturated rings. The molecule has 1 saturated heterocycles. The quantitative estimate of drug-likeness (QED) is 0.227. The van der Waals surface area contributed by atoms with E-state index in [2.05, 4.69) is 10.2 Å². The first kappa shape index (κ1) is 24.9. The highest BCUT2D eigenvalue weighted by Crippen LogP contribution is 2.53. The normalized spacial score (nSPS) is 22.9. The number of nitrogens with one attached hydrogen (secondary N) is 1. The highest BCUT2D eigenvalue weighted by Gasteiger charge is 2.49. The largest absolute Gasteiger partial charge is 0.507 e. The zero-order valence-corrected chi connectivity index (χ0v) is 19.3. The minimum atomic E-state index is -1.19. The Kier molecular flexibility index (Phi) is 8.28. The van der Waals surface area contributed by atoms with Crippen molar-refractivity contribution < 1.29 is 38.4 Å². The molecule has 0 radical (unpaired) electrons. The monoisotopic (exact) mass is 464 g/mol. The maximum atomic E-state index is 13.0. The Labute approximate surface area is 193 Å². The van der Waals surface area contributed by atoms with Crippen LogP contribution < -0.4 is 14.8 Å². The van der Waals surface area contributed by atoms with Gasteiger partial charge in [0.15, 0.2) is 12.0 Å². The molecule has 1 amide bonds. The second kappa shape index (κ2) is 11.0. The number of benzene rings is 1. The van der Waals surface area contributed by atoms with Crippen molar-refractivity contribution in [2.45, 2.75) is 26.2 Å². The maximum Gasteiger partial charge on any atom is 0.318 e. The predicted molar refractivity (Wildman–Crippen MR) is 118 cm³/mol. The molecule has 0 saturated carbocycles. The van der Waals surface area contributed by atoms with E-state index in [1.807, 2.05) is 0 Å². The number of rotatable bonds is 10. The summed E-state index contributed by atoms with van der Waals surface area (Å²) in [7, 11) is 1.53. The number of esters is 1. The average molecular weight is 465 g/mol. The summed E-state index contributed by atoms with van der Waals surface area (Å²) < 4.78 is 21.6. The van der Waals surface area contributed by atoms with Gasteiger partial charge in [-0.15, -0.1) is 0 Å². The number of phenols is 1. The first-order valence-corrected chi connectivity index (χ1v) is 11.1. The molecule has 2 aliphatic heterocycles. The van der Waals surface area contributed by atoms with Crippen LogP contribution in [0.5, 0.6) is 17.2 Å². The fourth-order valence-corrected chi connectivity index (χ4v) is 4.15. The van der Waals surface area contributed by atoms with Crippen LogP contribution in [0.2, 0.25) is 0 Å². The van der Waals surface area contributed by atoms with Crippen LogP contribution in [0.15, 0.2) is 6.07 Å². The number of morpholine rings is 1. The molecule has 2 N–H and O–H groups in total. The summed E-state index contributed by atoms with van der Waals surface area (Å²) >= 11 is 0. The third kappa shape index (κ3) is 5.45. The van der Waals surface area contributed by atoms with Crippen molar-refractivity contribution in [3.8, 4) is 17.2 Å². The molecule has 33 heavy (non-hydrogen) atoms. The Bertz CT molecular complexity index is 884. The number of aldehydes is 1. The van der Waals surface area contributed by atoms with Crippen molar-refractivity contribution in [3.05, 3.63) is 17.2 Å². The maximum absolute atomic E-state index is 13.0. The molecule has 3 rings (SSSR count). The van der Waals surface area contributed by atoms with Crippen LogP contribution in [0.25, 0.3) is 0 Å². The second-order valence-electron chi connectivity index (χ2n) is 8.52. The summed E-state index contributed by atoms with van der Waals surface area (Å²) in [6.45, 7) is 8.13. The van der Waals surface area contributed by atoms with Gasteiger partial charge in [0.1, 0.15) is 18.1 Å². The van der Waals surface area contributed by atoms with Gasteiger partial charge in [-0.3, -0.25) is 19.3 Å². The van der Waals surface area contributed by atoms with Crippen molar-refractivity contribution in [2.24, 2.45) is 5.41 Å². The molecule has 2 heterocycles. The number of methoxy groups -OCH3 is 1. The number of carbonyl (C=O) groups excluding carboxylic acids is 3. The second-order valence-corrected chi connectivity index (χ2v) is 8.52. The minimum absolute atomic E-state index is 0.0277. The van der Waals surface area contributed by atoms with Gasteiger partial charge >= 0.3 is 5.97 Å². The summed E-state index contributed by atoms with van der Waals surface area (Å²) in [6, 6.07) is 1.33. The zero-order valence-electron chi connectivity index (χ0n) is 19.3. The Balaban J connectivity index is 1.77. The number of carbonyl (C=O) groups is 3. The van der Waals surface area contributed by atoms with Gasteiger partial charge in [-0.25, -0.2) is 0 Å². The van der Waals surface area contributed by atoms with Crippen LogP contribution in [-0.2, 0) is 19.1 Å². The van der Waals surface area contributed by atoms with Gasteiger partial charge in [0, 0.05) is 57.3 Å². The van der Waals surface area contributed by atoms with E-state index in [-0.39, 0.29) is 41.7 Å². The predicted octanol–water partition coefficient (Wildman–Crippen LogP) is 1.10. The van der Waals surface area contributed by atoms with Gasteiger partial charge in [-0.1, -0.05) is 6.92 Å². The van der Waals surface area contributed by atoms with Gasteiger partial charge in [-0.05, 0) is 6.92 Å². The number of hydrogen-bond acceptors (Lipinski definition) is 9. The van der Waals surface area contributed by atoms with Crippen LogP contribution in [-0.4, -0.2) is 87.9 Å². The van der Waals surface area contributed by atoms with Crippen LogP contribution in [0.4, 0.5) is 0 Å². The number of aromatic hydroxyl groups is 1. The molecule has 10 nitrogen and oxygen atoms in total. The minimum Gasteiger partial charge on any atom is -0.507 e. The molecule has 10 heteroatoms. The molecule has 182 valence electrons. The van der Waals surface area contributed by atoms with Gasteiger partial charge in [0.05, 0.1) is 30.8 Å². The topological polar surface area (TPSA) is 124 Å². The third-order valence-corrected chi connectivity index (χ3v) is 6.39. The number of nitrogens with zero attached hydrogens (tertiary/aromatic N) is 1. The van der Waals surface area contributed by atoms with E-state index in [0.717, 1.165) is 13.1 Å². The molecule has 2 aliphatic rings. The van der Waals surface area contributed by atoms with Crippen molar-refractivity contribution in [1.29, 1.82) is 0 Å².